The van der Waals surface area contributed by atoms with Crippen molar-refractivity contribution in [3.63, 3.8) is 0 Å². The van der Waals surface area contributed by atoms with Crippen molar-refractivity contribution in [2.24, 2.45) is 5.16 Å². The summed E-state index contributed by atoms with van der Waals surface area (Å²) in [5, 5.41) is 3.54. The predicted molar refractivity (Wildman–Crippen MR) is 53.7 cm³/mol. The van der Waals surface area contributed by atoms with Gasteiger partial charge >= 0.3 is 5.97 Å². The Kier molecular flexibility index (Phi) is 2.33. The highest BCUT2D eigenvalue weighted by atomic mass is 16.7. The zero-order chi connectivity index (χ0) is 10.8. The van der Waals surface area contributed by atoms with Crippen LogP contribution in [0.5, 0.6) is 0 Å². The van der Waals surface area contributed by atoms with Gasteiger partial charge in [-0.15, -0.1) is 0 Å². The zero-order valence-corrected chi connectivity index (χ0v) is 8.19. The van der Waals surface area contributed by atoms with Crippen molar-refractivity contribution in [3.8, 4) is 0 Å². The number of hydrogen-bond donors (Lipinski definition) is 0. The van der Waals surface area contributed by atoms with Crippen LogP contribution in [0, 0.1) is 0 Å². The third-order valence-corrected chi connectivity index (χ3v) is 2.17. The Morgan fingerprint density at radius 2 is 2.13 bits per heavy atom. The second kappa shape index (κ2) is 3.65. The van der Waals surface area contributed by atoms with Crippen molar-refractivity contribution in [1.82, 2.24) is 0 Å². The SMILES string of the molecule is CC(=O)ON=C1Cc2ccccc2C1=O. The maximum Gasteiger partial charge on any atom is 0.331 e. The summed E-state index contributed by atoms with van der Waals surface area (Å²) in [6, 6.07) is 7.27. The molecule has 0 unspecified atom stereocenters. The van der Waals surface area contributed by atoms with Gasteiger partial charge < -0.3 is 4.84 Å². The first-order valence-electron chi connectivity index (χ1n) is 4.55. The van der Waals surface area contributed by atoms with Crippen molar-refractivity contribution in [3.05, 3.63) is 35.4 Å². The van der Waals surface area contributed by atoms with Gasteiger partial charge in [0, 0.05) is 18.9 Å². The molecule has 0 aliphatic heterocycles. The molecule has 0 amide bonds. The van der Waals surface area contributed by atoms with Gasteiger partial charge in [-0.1, -0.05) is 29.4 Å². The lowest BCUT2D eigenvalue weighted by Crippen LogP contribution is -2.09. The Labute approximate surface area is 86.5 Å². The molecule has 1 aliphatic carbocycles. The number of nitrogens with zero attached hydrogens (tertiary/aromatic N) is 1. The van der Waals surface area contributed by atoms with E-state index in [2.05, 4.69) is 9.99 Å². The van der Waals surface area contributed by atoms with Crippen LogP contribution in [0.15, 0.2) is 29.4 Å². The lowest BCUT2D eigenvalue weighted by atomic mass is 10.1. The van der Waals surface area contributed by atoms with Crippen LogP contribution in [0.3, 0.4) is 0 Å². The average molecular weight is 203 g/mol. The van der Waals surface area contributed by atoms with Gasteiger partial charge in [-0.3, -0.25) is 4.79 Å². The van der Waals surface area contributed by atoms with Crippen LogP contribution in [0.2, 0.25) is 0 Å². The fourth-order valence-corrected chi connectivity index (χ4v) is 1.51. The van der Waals surface area contributed by atoms with E-state index in [0.29, 0.717) is 12.0 Å². The molecule has 0 saturated carbocycles. The van der Waals surface area contributed by atoms with E-state index in [1.54, 1.807) is 12.1 Å². The molecular weight excluding hydrogens is 194 g/mol. The van der Waals surface area contributed by atoms with Crippen LogP contribution in [0.4, 0.5) is 0 Å². The van der Waals surface area contributed by atoms with Gasteiger partial charge in [0.15, 0.2) is 0 Å². The second-order valence-corrected chi connectivity index (χ2v) is 3.28. The maximum atomic E-state index is 11.7. The number of carbonyl (C=O) groups is 2. The lowest BCUT2D eigenvalue weighted by molar-refractivity contribution is -0.140. The molecule has 0 heterocycles. The Morgan fingerprint density at radius 1 is 1.40 bits per heavy atom. The van der Waals surface area contributed by atoms with E-state index in [-0.39, 0.29) is 11.5 Å². The molecule has 0 spiro atoms. The third kappa shape index (κ3) is 1.79. The van der Waals surface area contributed by atoms with E-state index in [9.17, 15) is 9.59 Å². The summed E-state index contributed by atoms with van der Waals surface area (Å²) >= 11 is 0. The number of rotatable bonds is 1. The van der Waals surface area contributed by atoms with Crippen molar-refractivity contribution < 1.29 is 14.4 Å². The molecule has 2 rings (SSSR count). The summed E-state index contributed by atoms with van der Waals surface area (Å²) in [6.07, 6.45) is 0.433. The summed E-state index contributed by atoms with van der Waals surface area (Å²) in [6.45, 7) is 1.25. The number of hydrogen-bond acceptors (Lipinski definition) is 4. The van der Waals surface area contributed by atoms with Gasteiger partial charge in [0.1, 0.15) is 5.71 Å². The Bertz CT molecular complexity index is 463. The zero-order valence-electron chi connectivity index (χ0n) is 8.19. The quantitative estimate of drug-likeness (QED) is 0.511. The number of benzene rings is 1. The molecule has 76 valence electrons. The summed E-state index contributed by atoms with van der Waals surface area (Å²) in [7, 11) is 0. The lowest BCUT2D eigenvalue weighted by Gasteiger charge is -1.92. The summed E-state index contributed by atoms with van der Waals surface area (Å²) in [5.41, 5.74) is 1.85. The van der Waals surface area contributed by atoms with Gasteiger partial charge in [-0.05, 0) is 5.56 Å². The molecule has 0 radical (unpaired) electrons. The molecule has 1 aromatic carbocycles. The Balaban J connectivity index is 2.27. The van der Waals surface area contributed by atoms with E-state index in [4.69, 9.17) is 0 Å². The first-order valence-corrected chi connectivity index (χ1v) is 4.55. The first kappa shape index (κ1) is 9.58. The molecule has 0 saturated heterocycles. The normalized spacial score (nSPS) is 16.6. The van der Waals surface area contributed by atoms with Gasteiger partial charge in [-0.25, -0.2) is 4.79 Å². The molecule has 15 heavy (non-hydrogen) atoms. The Morgan fingerprint density at radius 3 is 2.80 bits per heavy atom. The van der Waals surface area contributed by atoms with Gasteiger partial charge in [0.05, 0.1) is 0 Å². The fraction of sp³-hybridized carbons (Fsp3) is 0.182. The number of carbonyl (C=O) groups excluding carboxylic acids is 2. The van der Waals surface area contributed by atoms with E-state index in [1.165, 1.54) is 6.92 Å². The largest absolute Gasteiger partial charge is 0.331 e. The molecule has 0 bridgehead atoms. The molecular formula is C11H9NO3. The highest BCUT2D eigenvalue weighted by Crippen LogP contribution is 2.19. The van der Waals surface area contributed by atoms with Crippen LogP contribution in [0.25, 0.3) is 0 Å². The fourth-order valence-electron chi connectivity index (χ4n) is 1.51. The van der Waals surface area contributed by atoms with E-state index in [0.717, 1.165) is 5.56 Å². The minimum Gasteiger partial charge on any atom is -0.318 e. The standard InChI is InChI=1S/C11H9NO3/c1-7(13)15-12-10-6-8-4-2-3-5-9(8)11(10)14/h2-5H,6H2,1H3. The Hall–Kier alpha value is -1.97. The molecule has 0 atom stereocenters. The number of oxime groups is 1. The third-order valence-electron chi connectivity index (χ3n) is 2.17. The van der Waals surface area contributed by atoms with Crippen LogP contribution in [-0.4, -0.2) is 17.5 Å². The highest BCUT2D eigenvalue weighted by molar-refractivity contribution is 6.49. The first-order chi connectivity index (χ1) is 7.18. The number of Topliss-reactive ketones (excluding diaryl/α,β-unsaturated/α-hetero) is 1. The molecule has 1 aromatic rings. The molecule has 4 nitrogen and oxygen atoms in total. The van der Waals surface area contributed by atoms with Crippen LogP contribution >= 0.6 is 0 Å². The molecule has 0 fully saturated rings. The van der Waals surface area contributed by atoms with E-state index >= 15 is 0 Å². The minimum absolute atomic E-state index is 0.160. The van der Waals surface area contributed by atoms with Crippen molar-refractivity contribution in [1.29, 1.82) is 0 Å². The monoisotopic (exact) mass is 203 g/mol. The van der Waals surface area contributed by atoms with Crippen molar-refractivity contribution in [2.45, 2.75) is 13.3 Å². The number of fused-ring (bicyclic) bond motifs is 1. The van der Waals surface area contributed by atoms with E-state index in [1.807, 2.05) is 12.1 Å². The molecule has 1 aliphatic rings. The predicted octanol–water partition coefficient (Wildman–Crippen LogP) is 1.34. The number of ketones is 1. The average Bonchev–Trinajstić information content (AvgIpc) is 2.54. The second-order valence-electron chi connectivity index (χ2n) is 3.28. The topological polar surface area (TPSA) is 55.7 Å². The smallest absolute Gasteiger partial charge is 0.318 e. The van der Waals surface area contributed by atoms with Crippen molar-refractivity contribution >= 4 is 17.5 Å². The minimum atomic E-state index is -0.522. The molecule has 0 aromatic heterocycles. The summed E-state index contributed by atoms with van der Waals surface area (Å²) in [5.74, 6) is -0.682. The van der Waals surface area contributed by atoms with E-state index < -0.39 is 5.97 Å². The summed E-state index contributed by atoms with van der Waals surface area (Å²) in [4.78, 5) is 26.7. The van der Waals surface area contributed by atoms with Crippen LogP contribution < -0.4 is 0 Å². The van der Waals surface area contributed by atoms with Gasteiger partial charge in [0.25, 0.3) is 0 Å². The highest BCUT2D eigenvalue weighted by Gasteiger charge is 2.26. The van der Waals surface area contributed by atoms with Gasteiger partial charge in [-0.2, -0.15) is 0 Å². The van der Waals surface area contributed by atoms with Gasteiger partial charge in [0.2, 0.25) is 5.78 Å². The van der Waals surface area contributed by atoms with Crippen molar-refractivity contribution in [2.75, 3.05) is 0 Å². The summed E-state index contributed by atoms with van der Waals surface area (Å²) < 4.78 is 0. The maximum absolute atomic E-state index is 11.7. The van der Waals surface area contributed by atoms with Crippen LogP contribution in [-0.2, 0) is 16.1 Å². The molecule has 4 heteroatoms. The molecule has 0 N–H and O–H groups in total. The van der Waals surface area contributed by atoms with Crippen LogP contribution in [0.1, 0.15) is 22.8 Å².